The van der Waals surface area contributed by atoms with Crippen LogP contribution in [0.3, 0.4) is 0 Å². The number of hydrogen-bond donors (Lipinski definition) is 0. The van der Waals surface area contributed by atoms with Crippen molar-refractivity contribution < 1.29 is 9.59 Å². The number of aromatic nitrogens is 1. The Morgan fingerprint density at radius 2 is 2.00 bits per heavy atom. The summed E-state index contributed by atoms with van der Waals surface area (Å²) in [4.78, 5) is 30.1. The quantitative estimate of drug-likeness (QED) is 0.745. The predicted octanol–water partition coefficient (Wildman–Crippen LogP) is 4.62. The average molecular weight is 365 g/mol. The van der Waals surface area contributed by atoms with Crippen molar-refractivity contribution in [1.82, 2.24) is 9.88 Å². The first-order valence-electron chi connectivity index (χ1n) is 6.64. The van der Waals surface area contributed by atoms with E-state index in [1.165, 1.54) is 4.90 Å². The van der Waals surface area contributed by atoms with Crippen molar-refractivity contribution in [3.05, 3.63) is 68.8 Å². The Morgan fingerprint density at radius 1 is 1.17 bits per heavy atom. The first-order valence-corrected chi connectivity index (χ1v) is 8.21. The molecule has 2 amide bonds. The van der Waals surface area contributed by atoms with E-state index in [0.717, 1.165) is 22.9 Å². The molecule has 116 valence electrons. The van der Waals surface area contributed by atoms with Gasteiger partial charge in [0.25, 0.3) is 11.1 Å². The van der Waals surface area contributed by atoms with E-state index in [1.54, 1.807) is 42.7 Å². The van der Waals surface area contributed by atoms with Gasteiger partial charge >= 0.3 is 0 Å². The first kappa shape index (κ1) is 16.1. The van der Waals surface area contributed by atoms with Gasteiger partial charge in [0.15, 0.2) is 0 Å². The van der Waals surface area contributed by atoms with E-state index in [1.807, 2.05) is 6.07 Å². The summed E-state index contributed by atoms with van der Waals surface area (Å²) in [5.41, 5.74) is 1.51. The van der Waals surface area contributed by atoms with Crippen LogP contribution in [0.4, 0.5) is 4.79 Å². The molecule has 0 spiro atoms. The Bertz CT molecular complexity index is 809. The normalized spacial score (nSPS) is 16.4. The number of rotatable bonds is 3. The summed E-state index contributed by atoms with van der Waals surface area (Å²) in [5, 5.41) is 0.513. The fraction of sp³-hybridized carbons (Fsp3) is 0.0625. The van der Waals surface area contributed by atoms with Gasteiger partial charge in [0.2, 0.25) is 0 Å². The molecule has 1 aromatic heterocycles. The molecule has 1 fully saturated rings. The minimum Gasteiger partial charge on any atom is -0.268 e. The summed E-state index contributed by atoms with van der Waals surface area (Å²) in [6.45, 7) is 0.159. The average Bonchev–Trinajstić information content (AvgIpc) is 2.79. The zero-order chi connectivity index (χ0) is 16.4. The molecule has 2 heterocycles. The minimum atomic E-state index is -0.324. The highest BCUT2D eigenvalue weighted by molar-refractivity contribution is 8.18. The van der Waals surface area contributed by atoms with Gasteiger partial charge in [-0.1, -0.05) is 35.3 Å². The standard InChI is InChI=1S/C16H10Cl2N2O2S/c17-12-4-3-11(6-13(12)18)9-20-15(21)14(23-16(20)22)7-10-2-1-5-19-8-10/h1-8H,9H2. The zero-order valence-electron chi connectivity index (χ0n) is 11.7. The molecular weight excluding hydrogens is 355 g/mol. The lowest BCUT2D eigenvalue weighted by Gasteiger charge is -2.12. The Kier molecular flexibility index (Phi) is 4.71. The number of thioether (sulfide) groups is 1. The molecular formula is C16H10Cl2N2O2S. The van der Waals surface area contributed by atoms with E-state index in [2.05, 4.69) is 4.98 Å². The molecule has 23 heavy (non-hydrogen) atoms. The number of pyridine rings is 1. The number of nitrogens with zero attached hydrogens (tertiary/aromatic N) is 2. The lowest BCUT2D eigenvalue weighted by molar-refractivity contribution is -0.123. The van der Waals surface area contributed by atoms with Crippen LogP contribution in [-0.2, 0) is 11.3 Å². The molecule has 1 saturated heterocycles. The molecule has 0 atom stereocenters. The highest BCUT2D eigenvalue weighted by atomic mass is 35.5. The van der Waals surface area contributed by atoms with Crippen molar-refractivity contribution in [2.45, 2.75) is 6.54 Å². The van der Waals surface area contributed by atoms with Crippen molar-refractivity contribution in [2.75, 3.05) is 0 Å². The molecule has 2 aromatic rings. The summed E-state index contributed by atoms with van der Waals surface area (Å²) in [7, 11) is 0. The van der Waals surface area contributed by atoms with Crippen molar-refractivity contribution >= 4 is 52.2 Å². The molecule has 1 aliphatic rings. The van der Waals surface area contributed by atoms with E-state index in [-0.39, 0.29) is 17.7 Å². The van der Waals surface area contributed by atoms with Crippen LogP contribution in [0.25, 0.3) is 6.08 Å². The molecule has 3 rings (SSSR count). The molecule has 0 radical (unpaired) electrons. The van der Waals surface area contributed by atoms with E-state index in [9.17, 15) is 9.59 Å². The van der Waals surface area contributed by atoms with Gasteiger partial charge in [0, 0.05) is 12.4 Å². The van der Waals surface area contributed by atoms with Gasteiger partial charge in [-0.15, -0.1) is 0 Å². The Hall–Kier alpha value is -1.82. The molecule has 0 bridgehead atoms. The Balaban J connectivity index is 1.81. The fourth-order valence-electron chi connectivity index (χ4n) is 2.07. The molecule has 1 aromatic carbocycles. The molecule has 0 N–H and O–H groups in total. The Morgan fingerprint density at radius 3 is 2.70 bits per heavy atom. The summed E-state index contributed by atoms with van der Waals surface area (Å²) in [6.07, 6.45) is 4.94. The van der Waals surface area contributed by atoms with Crippen LogP contribution in [0, 0.1) is 0 Å². The number of hydrogen-bond acceptors (Lipinski definition) is 4. The van der Waals surface area contributed by atoms with Crippen LogP contribution >= 0.6 is 35.0 Å². The summed E-state index contributed by atoms with van der Waals surface area (Å²) < 4.78 is 0. The van der Waals surface area contributed by atoms with E-state index in [4.69, 9.17) is 23.2 Å². The topological polar surface area (TPSA) is 50.3 Å². The Labute approximate surface area is 147 Å². The number of benzene rings is 1. The second-order valence-corrected chi connectivity index (χ2v) is 6.61. The van der Waals surface area contributed by atoms with Crippen LogP contribution in [-0.4, -0.2) is 21.0 Å². The predicted molar refractivity (Wildman–Crippen MR) is 92.2 cm³/mol. The van der Waals surface area contributed by atoms with Crippen molar-refractivity contribution in [3.8, 4) is 0 Å². The number of imide groups is 1. The second kappa shape index (κ2) is 6.74. The van der Waals surface area contributed by atoms with E-state index >= 15 is 0 Å². The van der Waals surface area contributed by atoms with Crippen molar-refractivity contribution in [1.29, 1.82) is 0 Å². The van der Waals surface area contributed by atoms with Gasteiger partial charge in [-0.05, 0) is 47.2 Å². The third-order valence-electron chi connectivity index (χ3n) is 3.18. The fourth-order valence-corrected chi connectivity index (χ4v) is 3.23. The summed E-state index contributed by atoms with van der Waals surface area (Å²) in [5.74, 6) is -0.324. The van der Waals surface area contributed by atoms with Crippen LogP contribution in [0.5, 0.6) is 0 Å². The molecule has 4 nitrogen and oxygen atoms in total. The van der Waals surface area contributed by atoms with Gasteiger partial charge in [-0.3, -0.25) is 19.5 Å². The SMILES string of the molecule is O=C1SC(=Cc2cccnc2)C(=O)N1Cc1ccc(Cl)c(Cl)c1. The van der Waals surface area contributed by atoms with Crippen molar-refractivity contribution in [3.63, 3.8) is 0 Å². The van der Waals surface area contributed by atoms with Gasteiger partial charge < -0.3 is 0 Å². The van der Waals surface area contributed by atoms with E-state index in [0.29, 0.717) is 15.0 Å². The van der Waals surface area contributed by atoms with Gasteiger partial charge in [0.1, 0.15) is 0 Å². The summed E-state index contributed by atoms with van der Waals surface area (Å²) >= 11 is 12.7. The summed E-state index contributed by atoms with van der Waals surface area (Å²) in [6, 6.07) is 8.62. The highest BCUT2D eigenvalue weighted by Gasteiger charge is 2.35. The van der Waals surface area contributed by atoms with Crippen LogP contribution in [0.1, 0.15) is 11.1 Å². The number of amides is 2. The molecule has 0 aliphatic carbocycles. The van der Waals surface area contributed by atoms with Crippen molar-refractivity contribution in [2.24, 2.45) is 0 Å². The molecule has 0 saturated carbocycles. The monoisotopic (exact) mass is 364 g/mol. The van der Waals surface area contributed by atoms with Gasteiger partial charge in [-0.2, -0.15) is 0 Å². The zero-order valence-corrected chi connectivity index (χ0v) is 14.0. The largest absolute Gasteiger partial charge is 0.293 e. The third kappa shape index (κ3) is 3.58. The van der Waals surface area contributed by atoms with Crippen LogP contribution in [0.15, 0.2) is 47.6 Å². The minimum absolute atomic E-state index is 0.159. The number of carbonyl (C=O) groups is 2. The van der Waals surface area contributed by atoms with Crippen LogP contribution < -0.4 is 0 Å². The maximum absolute atomic E-state index is 12.4. The third-order valence-corrected chi connectivity index (χ3v) is 4.83. The number of carbonyl (C=O) groups excluding carboxylic acids is 2. The lowest BCUT2D eigenvalue weighted by Crippen LogP contribution is -2.27. The van der Waals surface area contributed by atoms with E-state index < -0.39 is 0 Å². The van der Waals surface area contributed by atoms with Gasteiger partial charge in [-0.25, -0.2) is 0 Å². The molecule has 0 unspecified atom stereocenters. The lowest BCUT2D eigenvalue weighted by atomic mass is 10.2. The highest BCUT2D eigenvalue weighted by Crippen LogP contribution is 2.33. The van der Waals surface area contributed by atoms with Crippen LogP contribution in [0.2, 0.25) is 10.0 Å². The molecule has 7 heteroatoms. The first-order chi connectivity index (χ1) is 11.0. The van der Waals surface area contributed by atoms with Gasteiger partial charge in [0.05, 0.1) is 21.5 Å². The maximum Gasteiger partial charge on any atom is 0.293 e. The second-order valence-electron chi connectivity index (χ2n) is 4.80. The molecule has 1 aliphatic heterocycles. The number of halogens is 2. The maximum atomic E-state index is 12.4. The smallest absolute Gasteiger partial charge is 0.268 e.